The molecule has 0 amide bonds. The first kappa shape index (κ1) is 8.64. The summed E-state index contributed by atoms with van der Waals surface area (Å²) in [4.78, 5) is 0. The van der Waals surface area contributed by atoms with E-state index in [0.717, 1.165) is 18.3 Å². The fourth-order valence-electron chi connectivity index (χ4n) is 0.715. The third-order valence-corrected chi connectivity index (χ3v) is 1.23. The second-order valence-electron chi connectivity index (χ2n) is 2.02. The largest absolute Gasteiger partial charge is 0.273 e. The maximum absolute atomic E-state index is 12.8. The van der Waals surface area contributed by atoms with Gasteiger partial charge in [-0.05, 0) is 19.1 Å². The molecule has 0 fully saturated rings. The summed E-state index contributed by atoms with van der Waals surface area (Å²) in [5.74, 6) is -1.36. The molecule has 1 aromatic rings. The number of anilines is 1. The van der Waals surface area contributed by atoms with Crippen molar-refractivity contribution in [1.29, 1.82) is 0 Å². The highest BCUT2D eigenvalue weighted by Crippen LogP contribution is 2.17. The molecule has 0 aliphatic carbocycles. The Morgan fingerprint density at radius 2 is 1.92 bits per heavy atom. The van der Waals surface area contributed by atoms with E-state index < -0.39 is 11.6 Å². The van der Waals surface area contributed by atoms with E-state index in [-0.39, 0.29) is 5.69 Å². The minimum Gasteiger partial charge on any atom is -0.273 e. The predicted octanol–water partition coefficient (Wildman–Crippen LogP) is 2.20. The normalized spacial score (nSPS) is 10.6. The van der Waals surface area contributed by atoms with Crippen molar-refractivity contribution in [2.45, 2.75) is 0 Å². The minimum absolute atomic E-state index is 0.266. The molecule has 63 valence electrons. The molecule has 0 spiro atoms. The van der Waals surface area contributed by atoms with E-state index in [4.69, 9.17) is 0 Å². The summed E-state index contributed by atoms with van der Waals surface area (Å²) < 4.78 is 25.6. The van der Waals surface area contributed by atoms with Crippen molar-refractivity contribution in [2.24, 2.45) is 5.10 Å². The van der Waals surface area contributed by atoms with Crippen LogP contribution in [-0.2, 0) is 0 Å². The van der Waals surface area contributed by atoms with Gasteiger partial charge in [-0.25, -0.2) is 8.78 Å². The highest BCUT2D eigenvalue weighted by Gasteiger charge is 2.05. The number of hydrogen-bond acceptors (Lipinski definition) is 2. The first-order valence-corrected chi connectivity index (χ1v) is 3.26. The van der Waals surface area contributed by atoms with Gasteiger partial charge in [0.05, 0.1) is 0 Å². The summed E-state index contributed by atoms with van der Waals surface area (Å²) in [5.41, 5.74) is 1.92. The van der Waals surface area contributed by atoms with E-state index in [9.17, 15) is 8.78 Å². The fourth-order valence-corrected chi connectivity index (χ4v) is 0.715. The SMILES string of the molecule is [CH2]C=NNc1c(F)cccc1F. The van der Waals surface area contributed by atoms with E-state index in [1.165, 1.54) is 6.07 Å². The van der Waals surface area contributed by atoms with Crippen LogP contribution < -0.4 is 5.43 Å². The number of rotatable bonds is 2. The smallest absolute Gasteiger partial charge is 0.151 e. The Kier molecular flexibility index (Phi) is 2.74. The number of hydrazone groups is 1. The van der Waals surface area contributed by atoms with Crippen LogP contribution in [0.2, 0.25) is 0 Å². The van der Waals surface area contributed by atoms with Crippen molar-refractivity contribution in [2.75, 3.05) is 5.43 Å². The molecule has 12 heavy (non-hydrogen) atoms. The van der Waals surface area contributed by atoms with Crippen LogP contribution in [0.3, 0.4) is 0 Å². The van der Waals surface area contributed by atoms with E-state index in [1.807, 2.05) is 0 Å². The number of nitrogens with zero attached hydrogens (tertiary/aromatic N) is 1. The lowest BCUT2D eigenvalue weighted by Gasteiger charge is -2.01. The van der Waals surface area contributed by atoms with Crippen molar-refractivity contribution in [3.63, 3.8) is 0 Å². The lowest BCUT2D eigenvalue weighted by Crippen LogP contribution is -1.95. The quantitative estimate of drug-likeness (QED) is 0.532. The van der Waals surface area contributed by atoms with Crippen LogP contribution in [0.15, 0.2) is 23.3 Å². The highest BCUT2D eigenvalue weighted by molar-refractivity contribution is 5.63. The molecule has 0 atom stereocenters. The van der Waals surface area contributed by atoms with E-state index in [1.54, 1.807) is 0 Å². The molecule has 2 nitrogen and oxygen atoms in total. The molecule has 0 unspecified atom stereocenters. The molecule has 4 heteroatoms. The first-order valence-electron chi connectivity index (χ1n) is 3.26. The van der Waals surface area contributed by atoms with E-state index in [2.05, 4.69) is 17.5 Å². The summed E-state index contributed by atoms with van der Waals surface area (Å²) >= 11 is 0. The van der Waals surface area contributed by atoms with Gasteiger partial charge in [0, 0.05) is 6.21 Å². The van der Waals surface area contributed by atoms with Gasteiger partial charge < -0.3 is 0 Å². The van der Waals surface area contributed by atoms with Crippen LogP contribution in [0, 0.1) is 18.6 Å². The van der Waals surface area contributed by atoms with Crippen LogP contribution in [0.1, 0.15) is 0 Å². The second kappa shape index (κ2) is 3.80. The zero-order valence-electron chi connectivity index (χ0n) is 6.22. The molecule has 0 saturated carbocycles. The van der Waals surface area contributed by atoms with Gasteiger partial charge in [-0.1, -0.05) is 6.07 Å². The molecular formula is C8H7F2N2. The summed E-state index contributed by atoms with van der Waals surface area (Å²) in [6, 6.07) is 3.57. The van der Waals surface area contributed by atoms with Gasteiger partial charge in [0.25, 0.3) is 0 Å². The molecule has 1 N–H and O–H groups in total. The highest BCUT2D eigenvalue weighted by atomic mass is 19.1. The molecule has 0 aliphatic heterocycles. The Hall–Kier alpha value is -1.45. The summed E-state index contributed by atoms with van der Waals surface area (Å²) in [6.45, 7) is 3.26. The van der Waals surface area contributed by atoms with Gasteiger partial charge in [-0.2, -0.15) is 5.10 Å². The molecule has 1 rings (SSSR count). The summed E-state index contributed by atoms with van der Waals surface area (Å²) in [5, 5.41) is 3.40. The Bertz CT molecular complexity index is 277. The monoisotopic (exact) mass is 169 g/mol. The number of halogens is 2. The zero-order valence-corrected chi connectivity index (χ0v) is 6.22. The number of nitrogens with one attached hydrogen (secondary N) is 1. The van der Waals surface area contributed by atoms with Gasteiger partial charge in [0.2, 0.25) is 0 Å². The lowest BCUT2D eigenvalue weighted by molar-refractivity contribution is 0.589. The Morgan fingerprint density at radius 3 is 2.42 bits per heavy atom. The maximum atomic E-state index is 12.8. The number of hydrogen-bond donors (Lipinski definition) is 1. The van der Waals surface area contributed by atoms with Gasteiger partial charge in [0.15, 0.2) is 11.6 Å². The van der Waals surface area contributed by atoms with Gasteiger partial charge >= 0.3 is 0 Å². The van der Waals surface area contributed by atoms with Crippen LogP contribution in [0.25, 0.3) is 0 Å². The molecule has 0 aliphatic rings. The van der Waals surface area contributed by atoms with Crippen LogP contribution in [0.5, 0.6) is 0 Å². The van der Waals surface area contributed by atoms with E-state index in [0.29, 0.717) is 0 Å². The zero-order chi connectivity index (χ0) is 8.97. The Balaban J connectivity index is 2.96. The van der Waals surface area contributed by atoms with Crippen LogP contribution >= 0.6 is 0 Å². The van der Waals surface area contributed by atoms with Gasteiger partial charge in [-0.3, -0.25) is 5.43 Å². The molecule has 0 heterocycles. The predicted molar refractivity (Wildman–Crippen MR) is 43.8 cm³/mol. The Morgan fingerprint density at radius 1 is 1.33 bits per heavy atom. The fraction of sp³-hybridized carbons (Fsp3) is 0. The molecule has 1 aromatic carbocycles. The minimum atomic E-state index is -0.680. The third-order valence-electron chi connectivity index (χ3n) is 1.23. The summed E-state index contributed by atoms with van der Waals surface area (Å²) in [7, 11) is 0. The Labute approximate surface area is 68.9 Å². The third kappa shape index (κ3) is 1.78. The molecule has 0 bridgehead atoms. The topological polar surface area (TPSA) is 24.4 Å². The van der Waals surface area contributed by atoms with Crippen molar-refractivity contribution < 1.29 is 8.78 Å². The molecular weight excluding hydrogens is 162 g/mol. The average molecular weight is 169 g/mol. The maximum Gasteiger partial charge on any atom is 0.151 e. The van der Waals surface area contributed by atoms with Crippen molar-refractivity contribution >= 4 is 11.9 Å². The molecule has 1 radical (unpaired) electrons. The van der Waals surface area contributed by atoms with Gasteiger partial charge in [-0.15, -0.1) is 0 Å². The van der Waals surface area contributed by atoms with E-state index >= 15 is 0 Å². The van der Waals surface area contributed by atoms with Crippen molar-refractivity contribution in [1.82, 2.24) is 0 Å². The standard InChI is InChI=1S/C8H7F2N2/c1-2-11-12-8-6(9)4-3-5-7(8)10/h2-5,12H,1H2. The molecule has 0 aromatic heterocycles. The summed E-state index contributed by atoms with van der Waals surface area (Å²) in [6.07, 6.45) is 1.16. The molecule has 0 saturated heterocycles. The lowest BCUT2D eigenvalue weighted by atomic mass is 10.3. The van der Waals surface area contributed by atoms with Crippen LogP contribution in [0.4, 0.5) is 14.5 Å². The van der Waals surface area contributed by atoms with Crippen LogP contribution in [-0.4, -0.2) is 6.21 Å². The second-order valence-corrected chi connectivity index (χ2v) is 2.02. The number of benzene rings is 1. The number of para-hydroxylation sites is 1. The van der Waals surface area contributed by atoms with Crippen molar-refractivity contribution in [3.8, 4) is 0 Å². The van der Waals surface area contributed by atoms with Crippen molar-refractivity contribution in [3.05, 3.63) is 36.8 Å². The average Bonchev–Trinajstić information content (AvgIpc) is 2.04. The first-order chi connectivity index (χ1) is 5.75. The van der Waals surface area contributed by atoms with Gasteiger partial charge in [0.1, 0.15) is 5.69 Å².